The molecule has 1 aromatic rings. The normalized spacial score (nSPS) is 12.2. The minimum Gasteiger partial charge on any atom is -0.492 e. The van der Waals surface area contributed by atoms with Crippen molar-refractivity contribution in [2.75, 3.05) is 40.5 Å². The minimum atomic E-state index is -0.467. The standard InChI is InChI=1S/C15H22N2O3/c1-17(11-14(18)12-19-2)8-5-9-20-15-7-4-3-6-13(15)10-16/h3-4,6-7,14,18H,5,8-9,11-12H2,1-2H3. The van der Waals surface area contributed by atoms with Gasteiger partial charge in [0.1, 0.15) is 11.8 Å². The number of hydrogen-bond donors (Lipinski definition) is 1. The average Bonchev–Trinajstić information content (AvgIpc) is 2.44. The van der Waals surface area contributed by atoms with Gasteiger partial charge in [-0.15, -0.1) is 0 Å². The Labute approximate surface area is 120 Å². The maximum atomic E-state index is 9.59. The van der Waals surface area contributed by atoms with Crippen LogP contribution in [0.5, 0.6) is 5.75 Å². The van der Waals surface area contributed by atoms with Crippen molar-refractivity contribution in [3.05, 3.63) is 29.8 Å². The molecule has 0 aliphatic rings. The number of likely N-dealkylation sites (N-methyl/N-ethyl adjacent to an activating group) is 1. The van der Waals surface area contributed by atoms with Crippen LogP contribution in [0.15, 0.2) is 24.3 Å². The van der Waals surface area contributed by atoms with Gasteiger partial charge in [0.15, 0.2) is 0 Å². The van der Waals surface area contributed by atoms with Crippen LogP contribution in [0.4, 0.5) is 0 Å². The van der Waals surface area contributed by atoms with E-state index in [0.29, 0.717) is 31.1 Å². The van der Waals surface area contributed by atoms with Crippen LogP contribution < -0.4 is 4.74 Å². The van der Waals surface area contributed by atoms with Crippen LogP contribution >= 0.6 is 0 Å². The van der Waals surface area contributed by atoms with Gasteiger partial charge in [-0.3, -0.25) is 0 Å². The molecule has 1 unspecified atom stereocenters. The van der Waals surface area contributed by atoms with Crippen molar-refractivity contribution in [2.24, 2.45) is 0 Å². The lowest BCUT2D eigenvalue weighted by Crippen LogP contribution is -2.33. The van der Waals surface area contributed by atoms with Gasteiger partial charge in [-0.25, -0.2) is 0 Å². The lowest BCUT2D eigenvalue weighted by Gasteiger charge is -2.20. The number of nitrogens with zero attached hydrogens (tertiary/aromatic N) is 2. The maximum Gasteiger partial charge on any atom is 0.137 e. The molecule has 20 heavy (non-hydrogen) atoms. The van der Waals surface area contributed by atoms with Crippen molar-refractivity contribution in [2.45, 2.75) is 12.5 Å². The Bertz CT molecular complexity index is 431. The third-order valence-corrected chi connectivity index (χ3v) is 2.83. The number of hydrogen-bond acceptors (Lipinski definition) is 5. The van der Waals surface area contributed by atoms with Crippen LogP contribution in [-0.4, -0.2) is 56.6 Å². The van der Waals surface area contributed by atoms with Crippen LogP contribution in [0, 0.1) is 11.3 Å². The van der Waals surface area contributed by atoms with Crippen molar-refractivity contribution in [1.29, 1.82) is 5.26 Å². The van der Waals surface area contributed by atoms with Crippen LogP contribution in [0.1, 0.15) is 12.0 Å². The fourth-order valence-corrected chi connectivity index (χ4v) is 1.90. The highest BCUT2D eigenvalue weighted by atomic mass is 16.5. The third kappa shape index (κ3) is 6.02. The first-order valence-electron chi connectivity index (χ1n) is 6.65. The summed E-state index contributed by atoms with van der Waals surface area (Å²) in [6.45, 7) is 2.28. The predicted molar refractivity (Wildman–Crippen MR) is 76.6 cm³/mol. The van der Waals surface area contributed by atoms with Gasteiger partial charge in [-0.2, -0.15) is 5.26 Å². The fourth-order valence-electron chi connectivity index (χ4n) is 1.90. The molecule has 110 valence electrons. The molecule has 0 spiro atoms. The third-order valence-electron chi connectivity index (χ3n) is 2.83. The molecule has 0 saturated heterocycles. The Hall–Kier alpha value is -1.61. The van der Waals surface area contributed by atoms with Crippen LogP contribution in [0.25, 0.3) is 0 Å². The van der Waals surface area contributed by atoms with E-state index in [9.17, 15) is 5.11 Å². The summed E-state index contributed by atoms with van der Waals surface area (Å²) in [6, 6.07) is 9.30. The fraction of sp³-hybridized carbons (Fsp3) is 0.533. The molecule has 0 aliphatic heterocycles. The number of benzene rings is 1. The summed E-state index contributed by atoms with van der Waals surface area (Å²) >= 11 is 0. The monoisotopic (exact) mass is 278 g/mol. The maximum absolute atomic E-state index is 9.59. The minimum absolute atomic E-state index is 0.344. The zero-order valence-corrected chi connectivity index (χ0v) is 12.1. The molecule has 1 aromatic carbocycles. The Morgan fingerprint density at radius 2 is 2.15 bits per heavy atom. The van der Waals surface area contributed by atoms with Gasteiger partial charge >= 0.3 is 0 Å². The highest BCUT2D eigenvalue weighted by molar-refractivity contribution is 5.42. The van der Waals surface area contributed by atoms with E-state index in [0.717, 1.165) is 13.0 Å². The molecule has 0 heterocycles. The van der Waals surface area contributed by atoms with E-state index in [1.165, 1.54) is 0 Å². The highest BCUT2D eigenvalue weighted by Gasteiger charge is 2.07. The Balaban J connectivity index is 2.23. The molecular formula is C15H22N2O3. The van der Waals surface area contributed by atoms with Crippen molar-refractivity contribution in [3.63, 3.8) is 0 Å². The Kier molecular flexibility index (Phi) is 7.66. The summed E-state index contributed by atoms with van der Waals surface area (Å²) in [7, 11) is 3.52. The van der Waals surface area contributed by atoms with E-state index < -0.39 is 6.10 Å². The van der Waals surface area contributed by atoms with Crippen molar-refractivity contribution in [1.82, 2.24) is 4.90 Å². The van der Waals surface area contributed by atoms with Crippen molar-refractivity contribution in [3.8, 4) is 11.8 Å². The Morgan fingerprint density at radius 1 is 1.40 bits per heavy atom. The molecule has 0 fully saturated rings. The summed E-state index contributed by atoms with van der Waals surface area (Å²) in [5.41, 5.74) is 0.552. The van der Waals surface area contributed by atoms with Crippen molar-refractivity contribution >= 4 is 0 Å². The first-order chi connectivity index (χ1) is 9.67. The van der Waals surface area contributed by atoms with Gasteiger partial charge in [0, 0.05) is 20.2 Å². The SMILES string of the molecule is COCC(O)CN(C)CCCOc1ccccc1C#N. The van der Waals surface area contributed by atoms with E-state index in [-0.39, 0.29) is 0 Å². The number of aliphatic hydroxyl groups is 1. The number of nitriles is 1. The quantitative estimate of drug-likeness (QED) is 0.689. The summed E-state index contributed by atoms with van der Waals surface area (Å²) in [5, 5.41) is 18.5. The molecule has 0 amide bonds. The second kappa shape index (κ2) is 9.32. The summed E-state index contributed by atoms with van der Waals surface area (Å²) in [4.78, 5) is 2.03. The topological polar surface area (TPSA) is 65.7 Å². The molecule has 5 heteroatoms. The molecule has 0 bridgehead atoms. The van der Waals surface area contributed by atoms with E-state index in [4.69, 9.17) is 14.7 Å². The number of methoxy groups -OCH3 is 1. The van der Waals surface area contributed by atoms with Gasteiger partial charge in [0.25, 0.3) is 0 Å². The largest absolute Gasteiger partial charge is 0.492 e. The Morgan fingerprint density at radius 3 is 2.85 bits per heavy atom. The molecule has 1 N–H and O–H groups in total. The second-order valence-electron chi connectivity index (χ2n) is 4.68. The van der Waals surface area contributed by atoms with Crippen LogP contribution in [0.2, 0.25) is 0 Å². The lowest BCUT2D eigenvalue weighted by atomic mass is 10.2. The smallest absolute Gasteiger partial charge is 0.137 e. The molecule has 0 aliphatic carbocycles. The molecule has 5 nitrogen and oxygen atoms in total. The first kappa shape index (κ1) is 16.4. The van der Waals surface area contributed by atoms with Gasteiger partial charge in [-0.05, 0) is 25.6 Å². The van der Waals surface area contributed by atoms with Gasteiger partial charge < -0.3 is 19.5 Å². The van der Waals surface area contributed by atoms with Crippen LogP contribution in [-0.2, 0) is 4.74 Å². The van der Waals surface area contributed by atoms with E-state index in [1.54, 1.807) is 19.2 Å². The predicted octanol–water partition coefficient (Wildman–Crippen LogP) is 1.27. The molecule has 0 radical (unpaired) electrons. The summed E-state index contributed by atoms with van der Waals surface area (Å²) < 4.78 is 10.5. The number of ether oxygens (including phenoxy) is 2. The van der Waals surface area contributed by atoms with E-state index in [1.807, 2.05) is 24.1 Å². The highest BCUT2D eigenvalue weighted by Crippen LogP contribution is 2.16. The first-order valence-corrected chi connectivity index (χ1v) is 6.65. The van der Waals surface area contributed by atoms with Gasteiger partial charge in [0.2, 0.25) is 0 Å². The second-order valence-corrected chi connectivity index (χ2v) is 4.68. The number of para-hydroxylation sites is 1. The van der Waals surface area contributed by atoms with Crippen LogP contribution in [0.3, 0.4) is 0 Å². The molecule has 1 rings (SSSR count). The number of aliphatic hydroxyl groups excluding tert-OH is 1. The average molecular weight is 278 g/mol. The van der Waals surface area contributed by atoms with Gasteiger partial charge in [0.05, 0.1) is 24.9 Å². The van der Waals surface area contributed by atoms with E-state index in [2.05, 4.69) is 6.07 Å². The lowest BCUT2D eigenvalue weighted by molar-refractivity contribution is 0.0424. The number of rotatable bonds is 9. The van der Waals surface area contributed by atoms with Gasteiger partial charge in [-0.1, -0.05) is 12.1 Å². The summed E-state index contributed by atoms with van der Waals surface area (Å²) in [6.07, 6.45) is 0.362. The zero-order chi connectivity index (χ0) is 14.8. The summed E-state index contributed by atoms with van der Waals surface area (Å²) in [5.74, 6) is 0.622. The van der Waals surface area contributed by atoms with Crippen molar-refractivity contribution < 1.29 is 14.6 Å². The zero-order valence-electron chi connectivity index (χ0n) is 12.1. The molecular weight excluding hydrogens is 256 g/mol. The van der Waals surface area contributed by atoms with E-state index >= 15 is 0 Å². The molecule has 0 saturated carbocycles. The molecule has 1 atom stereocenters. The molecule has 0 aromatic heterocycles.